The molecule has 6 heteroatoms. The Morgan fingerprint density at radius 1 is 1.38 bits per heavy atom. The number of urea groups is 1. The molecule has 1 unspecified atom stereocenters. The lowest BCUT2D eigenvalue weighted by atomic mass is 9.91. The molecule has 16 heavy (non-hydrogen) atoms. The van der Waals surface area contributed by atoms with E-state index >= 15 is 0 Å². The molecule has 1 saturated heterocycles. The average Bonchev–Trinajstić information content (AvgIpc) is 2.63. The maximum atomic E-state index is 11.3. The standard InChI is InChI=1S/C10H9BrN2O3/c11-7-3-1-6(2-4-7)10(8(14)15)5-12-9(16)13-10/h1-4H,5H2,(H,14,15)(H2,12,13,16). The molecule has 2 amide bonds. The molecule has 3 N–H and O–H groups in total. The van der Waals surface area contributed by atoms with Gasteiger partial charge in [0.05, 0.1) is 6.54 Å². The Labute approximate surface area is 100.0 Å². The number of halogens is 1. The predicted octanol–water partition coefficient (Wildman–Crippen LogP) is 1.04. The van der Waals surface area contributed by atoms with Crippen LogP contribution in [0, 0.1) is 0 Å². The molecule has 1 aliphatic heterocycles. The summed E-state index contributed by atoms with van der Waals surface area (Å²) in [7, 11) is 0. The molecule has 84 valence electrons. The van der Waals surface area contributed by atoms with Crippen LogP contribution in [-0.2, 0) is 10.3 Å². The van der Waals surface area contributed by atoms with Gasteiger partial charge in [-0.2, -0.15) is 0 Å². The number of benzene rings is 1. The largest absolute Gasteiger partial charge is 0.479 e. The van der Waals surface area contributed by atoms with Gasteiger partial charge in [0.15, 0.2) is 5.54 Å². The van der Waals surface area contributed by atoms with Gasteiger partial charge in [-0.3, -0.25) is 0 Å². The number of hydrogen-bond acceptors (Lipinski definition) is 2. The topological polar surface area (TPSA) is 78.4 Å². The number of carbonyl (C=O) groups excluding carboxylic acids is 1. The lowest BCUT2D eigenvalue weighted by Gasteiger charge is -2.23. The molecule has 0 aromatic heterocycles. The van der Waals surface area contributed by atoms with Crippen LogP contribution in [0.25, 0.3) is 0 Å². The third-order valence-electron chi connectivity index (χ3n) is 2.54. The SMILES string of the molecule is O=C1NCC(C(=O)O)(c2ccc(Br)cc2)N1. The van der Waals surface area contributed by atoms with Crippen molar-refractivity contribution in [3.05, 3.63) is 34.3 Å². The molecular weight excluding hydrogens is 276 g/mol. The molecule has 5 nitrogen and oxygen atoms in total. The van der Waals surface area contributed by atoms with E-state index in [1.807, 2.05) is 0 Å². The van der Waals surface area contributed by atoms with Crippen molar-refractivity contribution in [3.63, 3.8) is 0 Å². The predicted molar refractivity (Wildman–Crippen MR) is 60.0 cm³/mol. The van der Waals surface area contributed by atoms with Crippen molar-refractivity contribution in [1.29, 1.82) is 0 Å². The van der Waals surface area contributed by atoms with Crippen molar-refractivity contribution in [3.8, 4) is 0 Å². The Kier molecular flexibility index (Phi) is 2.59. The second kappa shape index (κ2) is 3.79. The van der Waals surface area contributed by atoms with Gasteiger partial charge in [-0.25, -0.2) is 9.59 Å². The van der Waals surface area contributed by atoms with E-state index in [9.17, 15) is 14.7 Å². The lowest BCUT2D eigenvalue weighted by molar-refractivity contribution is -0.143. The molecule has 1 atom stereocenters. The first-order valence-electron chi connectivity index (χ1n) is 4.60. The Hall–Kier alpha value is -1.56. The Bertz CT molecular complexity index is 446. The summed E-state index contributed by atoms with van der Waals surface area (Å²) in [5.41, 5.74) is -0.820. The van der Waals surface area contributed by atoms with Gasteiger partial charge in [-0.1, -0.05) is 28.1 Å². The van der Waals surface area contributed by atoms with E-state index in [0.29, 0.717) is 5.56 Å². The Morgan fingerprint density at radius 2 is 2.00 bits per heavy atom. The van der Waals surface area contributed by atoms with Gasteiger partial charge in [0, 0.05) is 4.47 Å². The number of rotatable bonds is 2. The highest BCUT2D eigenvalue weighted by Gasteiger charge is 2.46. The second-order valence-corrected chi connectivity index (χ2v) is 4.44. The van der Waals surface area contributed by atoms with Crippen molar-refractivity contribution in [2.75, 3.05) is 6.54 Å². The van der Waals surface area contributed by atoms with Gasteiger partial charge in [0.2, 0.25) is 0 Å². The van der Waals surface area contributed by atoms with Crippen molar-refractivity contribution >= 4 is 27.9 Å². The summed E-state index contributed by atoms with van der Waals surface area (Å²) >= 11 is 3.27. The zero-order chi connectivity index (χ0) is 11.8. The quantitative estimate of drug-likeness (QED) is 0.759. The zero-order valence-electron chi connectivity index (χ0n) is 8.16. The Morgan fingerprint density at radius 3 is 2.44 bits per heavy atom. The zero-order valence-corrected chi connectivity index (χ0v) is 9.74. The fraction of sp³-hybridized carbons (Fsp3) is 0.200. The summed E-state index contributed by atoms with van der Waals surface area (Å²) in [5, 5.41) is 14.1. The lowest BCUT2D eigenvalue weighted by Crippen LogP contribution is -2.47. The average molecular weight is 285 g/mol. The minimum Gasteiger partial charge on any atom is -0.479 e. The van der Waals surface area contributed by atoms with Crippen molar-refractivity contribution in [2.45, 2.75) is 5.54 Å². The smallest absolute Gasteiger partial charge is 0.336 e. The van der Waals surface area contributed by atoms with Crippen molar-refractivity contribution in [2.24, 2.45) is 0 Å². The summed E-state index contributed by atoms with van der Waals surface area (Å²) in [5.74, 6) is -1.08. The monoisotopic (exact) mass is 284 g/mol. The summed E-state index contributed by atoms with van der Waals surface area (Å²) in [6, 6.07) is 6.36. The number of nitrogens with one attached hydrogen (secondary N) is 2. The minimum atomic E-state index is -1.36. The summed E-state index contributed by atoms with van der Waals surface area (Å²) in [6.07, 6.45) is 0. The molecular formula is C10H9BrN2O3. The Balaban J connectivity index is 2.44. The van der Waals surface area contributed by atoms with Gasteiger partial charge < -0.3 is 15.7 Å². The van der Waals surface area contributed by atoms with Crippen molar-refractivity contribution in [1.82, 2.24) is 10.6 Å². The molecule has 0 radical (unpaired) electrons. The van der Waals surface area contributed by atoms with Gasteiger partial charge >= 0.3 is 12.0 Å². The summed E-state index contributed by atoms with van der Waals surface area (Å²) in [6.45, 7) is 0.0444. The molecule has 1 aromatic carbocycles. The van der Waals surface area contributed by atoms with Crippen LogP contribution in [0.1, 0.15) is 5.56 Å². The third kappa shape index (κ3) is 1.65. The van der Waals surface area contributed by atoms with Crippen LogP contribution < -0.4 is 10.6 Å². The van der Waals surface area contributed by atoms with Gasteiger partial charge in [0.1, 0.15) is 0 Å². The van der Waals surface area contributed by atoms with E-state index in [4.69, 9.17) is 0 Å². The minimum absolute atomic E-state index is 0.0444. The van der Waals surface area contributed by atoms with E-state index in [-0.39, 0.29) is 6.54 Å². The van der Waals surface area contributed by atoms with E-state index < -0.39 is 17.5 Å². The first-order chi connectivity index (χ1) is 7.54. The fourth-order valence-electron chi connectivity index (χ4n) is 1.66. The van der Waals surface area contributed by atoms with Crippen LogP contribution in [0.3, 0.4) is 0 Å². The highest BCUT2D eigenvalue weighted by atomic mass is 79.9. The highest BCUT2D eigenvalue weighted by molar-refractivity contribution is 9.10. The molecule has 1 fully saturated rings. The maximum Gasteiger partial charge on any atom is 0.336 e. The molecule has 2 rings (SSSR count). The van der Waals surface area contributed by atoms with Crippen LogP contribution in [0.5, 0.6) is 0 Å². The summed E-state index contributed by atoms with van der Waals surface area (Å²) < 4.78 is 0.856. The number of carboxylic acid groups (broad SMARTS) is 1. The van der Waals surface area contributed by atoms with E-state index in [1.54, 1.807) is 24.3 Å². The normalized spacial score (nSPS) is 23.7. The third-order valence-corrected chi connectivity index (χ3v) is 3.07. The molecule has 1 heterocycles. The van der Waals surface area contributed by atoms with Crippen LogP contribution in [0.15, 0.2) is 28.7 Å². The number of carbonyl (C=O) groups is 2. The van der Waals surface area contributed by atoms with Gasteiger partial charge in [0.25, 0.3) is 0 Å². The molecule has 1 aromatic rings. The number of amides is 2. The van der Waals surface area contributed by atoms with Gasteiger partial charge in [-0.15, -0.1) is 0 Å². The first kappa shape index (κ1) is 10.9. The first-order valence-corrected chi connectivity index (χ1v) is 5.39. The van der Waals surface area contributed by atoms with E-state index in [2.05, 4.69) is 26.6 Å². The fourth-order valence-corrected chi connectivity index (χ4v) is 1.92. The van der Waals surface area contributed by atoms with Crippen LogP contribution in [0.4, 0.5) is 4.79 Å². The molecule has 0 spiro atoms. The number of aliphatic carboxylic acids is 1. The number of hydrogen-bond donors (Lipinski definition) is 3. The van der Waals surface area contributed by atoms with Crippen LogP contribution in [-0.4, -0.2) is 23.7 Å². The van der Waals surface area contributed by atoms with Crippen LogP contribution >= 0.6 is 15.9 Å². The van der Waals surface area contributed by atoms with Crippen LogP contribution in [0.2, 0.25) is 0 Å². The summed E-state index contributed by atoms with van der Waals surface area (Å²) in [4.78, 5) is 22.4. The number of carboxylic acids is 1. The van der Waals surface area contributed by atoms with E-state index in [1.165, 1.54) is 0 Å². The van der Waals surface area contributed by atoms with Crippen molar-refractivity contribution < 1.29 is 14.7 Å². The second-order valence-electron chi connectivity index (χ2n) is 3.53. The molecule has 0 bridgehead atoms. The molecule has 1 aliphatic rings. The molecule has 0 saturated carbocycles. The highest BCUT2D eigenvalue weighted by Crippen LogP contribution is 2.25. The van der Waals surface area contributed by atoms with Gasteiger partial charge in [-0.05, 0) is 17.7 Å². The van der Waals surface area contributed by atoms with E-state index in [0.717, 1.165) is 4.47 Å². The molecule has 0 aliphatic carbocycles. The maximum absolute atomic E-state index is 11.3.